The molecule has 0 unspecified atom stereocenters. The summed E-state index contributed by atoms with van der Waals surface area (Å²) >= 11 is 0. The quantitative estimate of drug-likeness (QED) is 0.735. The zero-order valence-electron chi connectivity index (χ0n) is 13.3. The second kappa shape index (κ2) is 5.32. The molecular weight excluding hydrogens is 298 g/mol. The van der Waals surface area contributed by atoms with Gasteiger partial charge in [0.15, 0.2) is 11.5 Å². The minimum Gasteiger partial charge on any atom is -0.363 e. The zero-order chi connectivity index (χ0) is 16.7. The highest BCUT2D eigenvalue weighted by molar-refractivity contribution is 6.13. The largest absolute Gasteiger partial charge is 0.363 e. The van der Waals surface area contributed by atoms with Crippen LogP contribution in [-0.2, 0) is 5.72 Å². The Morgan fingerprint density at radius 1 is 0.750 bits per heavy atom. The Kier molecular flexibility index (Phi) is 3.25. The van der Waals surface area contributed by atoms with Gasteiger partial charge in [0.25, 0.3) is 0 Å². The van der Waals surface area contributed by atoms with E-state index < -0.39 is 5.72 Å². The summed E-state index contributed by atoms with van der Waals surface area (Å²) in [5, 5.41) is 11.8. The maximum Gasteiger partial charge on any atom is 0.193 e. The van der Waals surface area contributed by atoms with Crippen LogP contribution in [0.1, 0.15) is 27.0 Å². The number of hydrogen-bond acceptors (Lipinski definition) is 3. The fraction of sp³-hybridized carbons (Fsp3) is 0.0952. The normalized spacial score (nSPS) is 14.7. The van der Waals surface area contributed by atoms with Crippen LogP contribution in [0, 0.1) is 0 Å². The molecular formula is C21H17NO2. The van der Waals surface area contributed by atoms with Crippen LogP contribution in [0.4, 0.5) is 5.69 Å². The molecule has 24 heavy (non-hydrogen) atoms. The monoisotopic (exact) mass is 315 g/mol. The molecule has 118 valence electrons. The van der Waals surface area contributed by atoms with Crippen LogP contribution in [-0.4, -0.2) is 17.9 Å². The summed E-state index contributed by atoms with van der Waals surface area (Å²) in [5.74, 6) is -0.0488. The first-order chi connectivity index (χ1) is 11.6. The van der Waals surface area contributed by atoms with E-state index in [0.29, 0.717) is 22.3 Å². The molecule has 1 N–H and O–H groups in total. The van der Waals surface area contributed by atoms with E-state index in [0.717, 1.165) is 5.69 Å². The standard InChI is InChI=1S/C21H17NO2/c1-22(15-9-3-2-4-10-15)21(24)18-13-7-5-11-16(18)20(23)17-12-6-8-14-19(17)21/h2-14,24H,1H3. The van der Waals surface area contributed by atoms with Crippen molar-refractivity contribution in [2.45, 2.75) is 5.72 Å². The number of nitrogens with zero attached hydrogens (tertiary/aromatic N) is 1. The van der Waals surface area contributed by atoms with Gasteiger partial charge in [0.1, 0.15) is 0 Å². The highest BCUT2D eigenvalue weighted by atomic mass is 16.3. The number of benzene rings is 3. The first-order valence-electron chi connectivity index (χ1n) is 7.89. The number of ketones is 1. The van der Waals surface area contributed by atoms with Gasteiger partial charge in [0.05, 0.1) is 0 Å². The van der Waals surface area contributed by atoms with Gasteiger partial charge >= 0.3 is 0 Å². The molecule has 0 amide bonds. The van der Waals surface area contributed by atoms with Crippen LogP contribution in [0.15, 0.2) is 78.9 Å². The first kappa shape index (κ1) is 14.7. The van der Waals surface area contributed by atoms with Crippen molar-refractivity contribution in [2.24, 2.45) is 0 Å². The number of carbonyl (C=O) groups is 1. The topological polar surface area (TPSA) is 40.5 Å². The van der Waals surface area contributed by atoms with Crippen LogP contribution in [0.5, 0.6) is 0 Å². The van der Waals surface area contributed by atoms with Crippen molar-refractivity contribution >= 4 is 11.5 Å². The lowest BCUT2D eigenvalue weighted by atomic mass is 9.78. The molecule has 4 rings (SSSR count). The maximum absolute atomic E-state index is 12.8. The summed E-state index contributed by atoms with van der Waals surface area (Å²) in [7, 11) is 1.85. The van der Waals surface area contributed by atoms with Crippen molar-refractivity contribution in [2.75, 3.05) is 11.9 Å². The molecule has 3 nitrogen and oxygen atoms in total. The van der Waals surface area contributed by atoms with E-state index >= 15 is 0 Å². The molecule has 0 bridgehead atoms. The number of carbonyl (C=O) groups excluding carboxylic acids is 1. The third-order valence-electron chi connectivity index (χ3n) is 4.72. The Bertz CT molecular complexity index is 868. The number of para-hydroxylation sites is 1. The molecule has 1 aliphatic carbocycles. The number of fused-ring (bicyclic) bond motifs is 2. The van der Waals surface area contributed by atoms with E-state index in [-0.39, 0.29) is 5.78 Å². The van der Waals surface area contributed by atoms with E-state index in [2.05, 4.69) is 0 Å². The third kappa shape index (κ3) is 1.92. The first-order valence-corrected chi connectivity index (χ1v) is 7.89. The van der Waals surface area contributed by atoms with Gasteiger partial charge in [-0.3, -0.25) is 4.79 Å². The fourth-order valence-corrected chi connectivity index (χ4v) is 3.46. The van der Waals surface area contributed by atoms with E-state index in [4.69, 9.17) is 0 Å². The molecule has 0 heterocycles. The van der Waals surface area contributed by atoms with Crippen LogP contribution < -0.4 is 4.90 Å². The molecule has 0 aromatic heterocycles. The second-order valence-electron chi connectivity index (χ2n) is 5.99. The van der Waals surface area contributed by atoms with Crippen LogP contribution in [0.2, 0.25) is 0 Å². The lowest BCUT2D eigenvalue weighted by Crippen LogP contribution is -2.49. The molecule has 3 heteroatoms. The van der Waals surface area contributed by atoms with Gasteiger partial charge in [-0.15, -0.1) is 0 Å². The fourth-order valence-electron chi connectivity index (χ4n) is 3.46. The molecule has 0 atom stereocenters. The van der Waals surface area contributed by atoms with Gasteiger partial charge in [-0.05, 0) is 12.1 Å². The van der Waals surface area contributed by atoms with Crippen LogP contribution >= 0.6 is 0 Å². The van der Waals surface area contributed by atoms with Gasteiger partial charge in [0, 0.05) is 35.0 Å². The van der Waals surface area contributed by atoms with Gasteiger partial charge < -0.3 is 10.0 Å². The van der Waals surface area contributed by atoms with Crippen molar-refractivity contribution in [1.82, 2.24) is 0 Å². The predicted octanol–water partition coefficient (Wildman–Crippen LogP) is 3.56. The Hall–Kier alpha value is -2.91. The maximum atomic E-state index is 12.8. The van der Waals surface area contributed by atoms with Gasteiger partial charge in [0.2, 0.25) is 0 Å². The molecule has 3 aromatic carbocycles. The molecule has 0 aliphatic heterocycles. The molecule has 1 aliphatic rings. The van der Waals surface area contributed by atoms with Gasteiger partial charge in [-0.2, -0.15) is 0 Å². The number of hydrogen-bond donors (Lipinski definition) is 1. The number of rotatable bonds is 2. The summed E-state index contributed by atoms with van der Waals surface area (Å²) < 4.78 is 0. The van der Waals surface area contributed by atoms with Crippen LogP contribution in [0.25, 0.3) is 0 Å². The smallest absolute Gasteiger partial charge is 0.193 e. The summed E-state index contributed by atoms with van der Waals surface area (Å²) in [6, 6.07) is 24.2. The lowest BCUT2D eigenvalue weighted by molar-refractivity contribution is 0.0726. The van der Waals surface area contributed by atoms with E-state index in [9.17, 15) is 9.90 Å². The average molecular weight is 315 g/mol. The SMILES string of the molecule is CN(c1ccccc1)C1(O)c2ccccc2C(=O)c2ccccc21. The van der Waals surface area contributed by atoms with Crippen molar-refractivity contribution in [3.8, 4) is 0 Å². The lowest BCUT2D eigenvalue weighted by Gasteiger charge is -2.43. The van der Waals surface area contributed by atoms with Gasteiger partial charge in [-0.1, -0.05) is 66.7 Å². The Labute approximate surface area is 140 Å². The molecule has 0 saturated heterocycles. The summed E-state index contributed by atoms with van der Waals surface area (Å²) in [4.78, 5) is 14.6. The number of anilines is 1. The molecule has 0 spiro atoms. The van der Waals surface area contributed by atoms with Crippen molar-refractivity contribution in [3.05, 3.63) is 101 Å². The second-order valence-corrected chi connectivity index (χ2v) is 5.99. The molecule has 3 aromatic rings. The third-order valence-corrected chi connectivity index (χ3v) is 4.72. The van der Waals surface area contributed by atoms with E-state index in [1.807, 2.05) is 78.7 Å². The Morgan fingerprint density at radius 2 is 1.21 bits per heavy atom. The Morgan fingerprint density at radius 3 is 1.75 bits per heavy atom. The van der Waals surface area contributed by atoms with E-state index in [1.165, 1.54) is 0 Å². The van der Waals surface area contributed by atoms with Crippen molar-refractivity contribution in [3.63, 3.8) is 0 Å². The molecule has 0 saturated carbocycles. The van der Waals surface area contributed by atoms with Crippen molar-refractivity contribution in [1.29, 1.82) is 0 Å². The van der Waals surface area contributed by atoms with Gasteiger partial charge in [-0.25, -0.2) is 0 Å². The minimum atomic E-state index is -1.40. The summed E-state index contributed by atoms with van der Waals surface area (Å²) in [6.07, 6.45) is 0. The van der Waals surface area contributed by atoms with Crippen molar-refractivity contribution < 1.29 is 9.90 Å². The summed E-state index contributed by atoms with van der Waals surface area (Å²) in [6.45, 7) is 0. The van der Waals surface area contributed by atoms with Crippen LogP contribution in [0.3, 0.4) is 0 Å². The Balaban J connectivity index is 2.01. The highest BCUT2D eigenvalue weighted by Crippen LogP contribution is 2.43. The molecule has 0 radical (unpaired) electrons. The average Bonchev–Trinajstić information content (AvgIpc) is 2.66. The highest BCUT2D eigenvalue weighted by Gasteiger charge is 2.45. The van der Waals surface area contributed by atoms with E-state index in [1.54, 1.807) is 12.1 Å². The minimum absolute atomic E-state index is 0.0488. The summed E-state index contributed by atoms with van der Waals surface area (Å²) in [5.41, 5.74) is 1.78. The zero-order valence-corrected chi connectivity index (χ0v) is 13.3. The number of aliphatic hydroxyl groups is 1. The molecule has 0 fully saturated rings. The predicted molar refractivity (Wildman–Crippen MR) is 94.2 cm³/mol.